The Bertz CT molecular complexity index is 1410. The number of nitrogens with zero attached hydrogens (tertiary/aromatic N) is 4. The Labute approximate surface area is 204 Å². The van der Waals surface area contributed by atoms with Gasteiger partial charge in [0.05, 0.1) is 24.3 Å². The second-order valence-corrected chi connectivity index (χ2v) is 8.59. The van der Waals surface area contributed by atoms with Crippen LogP contribution in [0.1, 0.15) is 27.2 Å². The summed E-state index contributed by atoms with van der Waals surface area (Å²) in [7, 11) is 1.51. The van der Waals surface area contributed by atoms with Gasteiger partial charge in [0.2, 0.25) is 0 Å². The number of carbonyl (C=O) groups is 1. The monoisotopic (exact) mass is 491 g/mol. The van der Waals surface area contributed by atoms with Gasteiger partial charge in [-0.05, 0) is 48.9 Å². The van der Waals surface area contributed by atoms with E-state index in [0.717, 1.165) is 16.9 Å². The number of benzene rings is 2. The molecule has 0 aliphatic rings. The molecule has 2 aromatic heterocycles. The molecule has 0 bridgehead atoms. The number of aromatic nitrogens is 3. The van der Waals surface area contributed by atoms with Crippen LogP contribution in [0.25, 0.3) is 21.8 Å². The summed E-state index contributed by atoms with van der Waals surface area (Å²) < 4.78 is 11.2. The molecule has 2 N–H and O–H groups in total. The second-order valence-electron chi connectivity index (χ2n) is 7.21. The number of nitrogens with two attached hydrogens (primary N) is 1. The fraction of sp³-hybridized carbons (Fsp3) is 0.125. The fourth-order valence-electron chi connectivity index (χ4n) is 3.37. The van der Waals surface area contributed by atoms with E-state index in [2.05, 4.69) is 21.3 Å². The van der Waals surface area contributed by atoms with Crippen molar-refractivity contribution in [2.24, 2.45) is 5.73 Å². The van der Waals surface area contributed by atoms with Crippen LogP contribution in [0.4, 0.5) is 0 Å². The molecule has 0 spiro atoms. The maximum absolute atomic E-state index is 12.6. The summed E-state index contributed by atoms with van der Waals surface area (Å²) in [6, 6.07) is 16.0. The van der Waals surface area contributed by atoms with Crippen molar-refractivity contribution >= 4 is 28.8 Å². The van der Waals surface area contributed by atoms with Crippen molar-refractivity contribution in [1.82, 2.24) is 15.2 Å². The van der Waals surface area contributed by atoms with Gasteiger partial charge in [0.25, 0.3) is 11.1 Å². The van der Waals surface area contributed by atoms with Gasteiger partial charge in [0.1, 0.15) is 18.1 Å². The number of hydrogen-bond acceptors (Lipinski definition) is 8. The minimum atomic E-state index is -0.694. The number of rotatable bonds is 7. The lowest BCUT2D eigenvalue weighted by atomic mass is 9.95. The highest BCUT2D eigenvalue weighted by Crippen LogP contribution is 2.38. The van der Waals surface area contributed by atoms with Crippen LogP contribution in [0.15, 0.2) is 48.5 Å². The van der Waals surface area contributed by atoms with Crippen molar-refractivity contribution in [1.29, 1.82) is 5.26 Å². The molecule has 0 unspecified atom stereocenters. The first-order valence-electron chi connectivity index (χ1n) is 10.0. The Balaban J connectivity index is 1.76. The fourth-order valence-corrected chi connectivity index (χ4v) is 4.18. The molecule has 2 heterocycles. The molecule has 0 atom stereocenters. The van der Waals surface area contributed by atoms with E-state index in [-0.39, 0.29) is 17.9 Å². The number of carbonyl (C=O) groups excluding carboxylic acids is 1. The SMILES string of the molecule is COc1ccc(C#N)cc1-c1cc(C)nc(-c2nnc(OCc3ccc(Cl)cc3)s2)c1C(N)=O. The number of halogens is 1. The highest BCUT2D eigenvalue weighted by molar-refractivity contribution is 7.16. The molecule has 2 aromatic carbocycles. The topological polar surface area (TPSA) is 124 Å². The predicted molar refractivity (Wildman–Crippen MR) is 129 cm³/mol. The molecule has 0 saturated heterocycles. The summed E-state index contributed by atoms with van der Waals surface area (Å²) in [6.45, 7) is 2.07. The van der Waals surface area contributed by atoms with E-state index >= 15 is 0 Å². The molecule has 4 aromatic rings. The van der Waals surface area contributed by atoms with E-state index in [9.17, 15) is 10.1 Å². The minimum absolute atomic E-state index is 0.152. The number of amides is 1. The molecule has 0 saturated carbocycles. The van der Waals surface area contributed by atoms with Gasteiger partial charge in [-0.3, -0.25) is 4.79 Å². The van der Waals surface area contributed by atoms with Crippen molar-refractivity contribution in [3.8, 4) is 38.8 Å². The third kappa shape index (κ3) is 4.83. The first-order chi connectivity index (χ1) is 16.4. The van der Waals surface area contributed by atoms with E-state index in [1.807, 2.05) is 12.1 Å². The van der Waals surface area contributed by atoms with Crippen LogP contribution in [-0.4, -0.2) is 28.2 Å². The van der Waals surface area contributed by atoms with Crippen LogP contribution >= 0.6 is 22.9 Å². The number of pyridine rings is 1. The van der Waals surface area contributed by atoms with Crippen molar-refractivity contribution in [2.45, 2.75) is 13.5 Å². The quantitative estimate of drug-likeness (QED) is 0.394. The molecular formula is C24H18ClN5O3S. The van der Waals surface area contributed by atoms with Crippen LogP contribution in [0.2, 0.25) is 5.02 Å². The van der Waals surface area contributed by atoms with Gasteiger partial charge in [0, 0.05) is 21.8 Å². The molecular weight excluding hydrogens is 474 g/mol. The van der Waals surface area contributed by atoms with Crippen molar-refractivity contribution in [3.05, 3.63) is 75.9 Å². The summed E-state index contributed by atoms with van der Waals surface area (Å²) >= 11 is 7.06. The van der Waals surface area contributed by atoms with Crippen LogP contribution in [0.5, 0.6) is 10.9 Å². The first-order valence-corrected chi connectivity index (χ1v) is 11.2. The van der Waals surface area contributed by atoms with Gasteiger partial charge in [-0.2, -0.15) is 5.26 Å². The number of methoxy groups -OCH3 is 1. The zero-order chi connectivity index (χ0) is 24.2. The van der Waals surface area contributed by atoms with Gasteiger partial charge in [0.15, 0.2) is 5.01 Å². The second kappa shape index (κ2) is 9.87. The van der Waals surface area contributed by atoms with Gasteiger partial charge in [-0.1, -0.05) is 40.2 Å². The number of aryl methyl sites for hydroxylation is 1. The number of hydrogen-bond donors (Lipinski definition) is 1. The van der Waals surface area contributed by atoms with Crippen LogP contribution in [-0.2, 0) is 6.61 Å². The minimum Gasteiger partial charge on any atom is -0.496 e. The molecule has 10 heteroatoms. The van der Waals surface area contributed by atoms with E-state index in [1.54, 1.807) is 43.3 Å². The van der Waals surface area contributed by atoms with Crippen molar-refractivity contribution in [3.63, 3.8) is 0 Å². The van der Waals surface area contributed by atoms with E-state index in [0.29, 0.717) is 43.4 Å². The Morgan fingerprint density at radius 1 is 1.15 bits per heavy atom. The largest absolute Gasteiger partial charge is 0.496 e. The molecule has 1 amide bonds. The summed E-state index contributed by atoms with van der Waals surface area (Å²) in [4.78, 5) is 17.1. The van der Waals surface area contributed by atoms with Gasteiger partial charge >= 0.3 is 0 Å². The van der Waals surface area contributed by atoms with Crippen LogP contribution in [0, 0.1) is 18.3 Å². The number of primary amides is 1. The Kier molecular flexibility index (Phi) is 6.72. The third-order valence-corrected chi connectivity index (χ3v) is 5.99. The summed E-state index contributed by atoms with van der Waals surface area (Å²) in [5.74, 6) is -0.206. The third-order valence-electron chi connectivity index (χ3n) is 4.90. The predicted octanol–water partition coefficient (Wildman–Crippen LogP) is 4.79. The highest BCUT2D eigenvalue weighted by atomic mass is 35.5. The summed E-state index contributed by atoms with van der Waals surface area (Å²) in [5.41, 5.74) is 9.21. The molecule has 0 radical (unpaired) electrons. The highest BCUT2D eigenvalue weighted by Gasteiger charge is 2.24. The molecule has 170 valence electrons. The Hall–Kier alpha value is -4.00. The normalized spacial score (nSPS) is 10.5. The lowest BCUT2D eigenvalue weighted by Gasteiger charge is -2.15. The lowest BCUT2D eigenvalue weighted by molar-refractivity contribution is 0.100. The first kappa shape index (κ1) is 23.2. The maximum Gasteiger partial charge on any atom is 0.294 e. The van der Waals surface area contributed by atoms with E-state index in [1.165, 1.54) is 7.11 Å². The van der Waals surface area contributed by atoms with Gasteiger partial charge < -0.3 is 15.2 Å². The molecule has 0 aliphatic heterocycles. The zero-order valence-corrected chi connectivity index (χ0v) is 19.8. The van der Waals surface area contributed by atoms with Crippen molar-refractivity contribution < 1.29 is 14.3 Å². The molecule has 34 heavy (non-hydrogen) atoms. The van der Waals surface area contributed by atoms with Gasteiger partial charge in [-0.15, -0.1) is 5.10 Å². The number of ether oxygens (including phenoxy) is 2. The smallest absolute Gasteiger partial charge is 0.294 e. The zero-order valence-electron chi connectivity index (χ0n) is 18.2. The molecule has 0 aliphatic carbocycles. The van der Waals surface area contributed by atoms with E-state index in [4.69, 9.17) is 26.8 Å². The Morgan fingerprint density at radius 2 is 1.91 bits per heavy atom. The van der Waals surface area contributed by atoms with Crippen LogP contribution in [0.3, 0.4) is 0 Å². The standard InChI is InChI=1S/C24H18ClN5O3S/c1-13-9-18(17-10-15(11-26)5-8-19(17)32-2)20(22(27)31)21(28-13)23-29-30-24(34-23)33-12-14-3-6-16(25)7-4-14/h3-10H,12H2,1-2H3,(H2,27,31). The molecule has 8 nitrogen and oxygen atoms in total. The molecule has 4 rings (SSSR count). The number of nitriles is 1. The summed E-state index contributed by atoms with van der Waals surface area (Å²) in [5, 5.41) is 18.9. The van der Waals surface area contributed by atoms with Crippen LogP contribution < -0.4 is 15.2 Å². The lowest BCUT2D eigenvalue weighted by Crippen LogP contribution is -2.16. The Morgan fingerprint density at radius 3 is 2.59 bits per heavy atom. The van der Waals surface area contributed by atoms with Gasteiger partial charge in [-0.25, -0.2) is 4.98 Å². The average molecular weight is 492 g/mol. The van der Waals surface area contributed by atoms with E-state index < -0.39 is 5.91 Å². The summed E-state index contributed by atoms with van der Waals surface area (Å²) in [6.07, 6.45) is 0. The average Bonchev–Trinajstić information content (AvgIpc) is 3.31. The maximum atomic E-state index is 12.6. The van der Waals surface area contributed by atoms with Crippen molar-refractivity contribution in [2.75, 3.05) is 7.11 Å². The molecule has 0 fully saturated rings.